The summed E-state index contributed by atoms with van der Waals surface area (Å²) in [5, 5.41) is 9.38. The average Bonchev–Trinajstić information content (AvgIpc) is 3.02. The first-order chi connectivity index (χ1) is 12.5. The van der Waals surface area contributed by atoms with Crippen LogP contribution in [-0.2, 0) is 0 Å². The maximum atomic E-state index is 11.5. The smallest absolute Gasteiger partial charge is 0.358 e. The number of imidazole rings is 1. The van der Waals surface area contributed by atoms with Gasteiger partial charge in [0.05, 0.1) is 11.4 Å². The summed E-state index contributed by atoms with van der Waals surface area (Å²) in [4.78, 5) is 24.4. The molecule has 26 heavy (non-hydrogen) atoms. The maximum absolute atomic E-state index is 11.5. The van der Waals surface area contributed by atoms with E-state index < -0.39 is 5.97 Å². The van der Waals surface area contributed by atoms with Gasteiger partial charge in [-0.3, -0.25) is 0 Å². The lowest BCUT2D eigenvalue weighted by atomic mass is 10.0. The molecule has 0 saturated carbocycles. The first-order valence-corrected chi connectivity index (χ1v) is 7.95. The molecule has 0 bridgehead atoms. The fourth-order valence-corrected chi connectivity index (χ4v) is 2.85. The molecule has 0 saturated heterocycles. The molecule has 0 unspecified atom stereocenters. The Morgan fingerprint density at radius 2 is 1.77 bits per heavy atom. The topological polar surface area (TPSA) is 106 Å². The lowest BCUT2D eigenvalue weighted by Gasteiger charge is -2.12. The van der Waals surface area contributed by atoms with E-state index in [1.807, 2.05) is 60.0 Å². The highest BCUT2D eigenvalue weighted by molar-refractivity contribution is 5.93. The van der Waals surface area contributed by atoms with Crippen LogP contribution >= 0.6 is 0 Å². The van der Waals surface area contributed by atoms with Gasteiger partial charge in [-0.25, -0.2) is 19.7 Å². The number of nitrogens with zero attached hydrogens (tertiary/aromatic N) is 4. The predicted molar refractivity (Wildman–Crippen MR) is 97.8 cm³/mol. The van der Waals surface area contributed by atoms with Gasteiger partial charge in [0, 0.05) is 29.2 Å². The molecule has 4 aromatic rings. The molecule has 0 aliphatic rings. The molecule has 0 aliphatic carbocycles. The number of carbonyl (C=O) groups is 1. The highest BCUT2D eigenvalue weighted by atomic mass is 16.4. The van der Waals surface area contributed by atoms with Crippen LogP contribution in [0.2, 0.25) is 0 Å². The Hall–Kier alpha value is -3.74. The number of hydrogen-bond donors (Lipinski definition) is 2. The lowest BCUT2D eigenvalue weighted by molar-refractivity contribution is 0.0691. The molecule has 7 nitrogen and oxygen atoms in total. The highest BCUT2D eigenvalue weighted by Crippen LogP contribution is 2.31. The largest absolute Gasteiger partial charge is 0.476 e. The number of rotatable bonds is 3. The van der Waals surface area contributed by atoms with Gasteiger partial charge >= 0.3 is 5.97 Å². The van der Waals surface area contributed by atoms with Crippen molar-refractivity contribution in [2.24, 2.45) is 0 Å². The normalized spacial score (nSPS) is 11.0. The zero-order valence-electron chi connectivity index (χ0n) is 13.9. The zero-order valence-corrected chi connectivity index (χ0v) is 13.9. The molecule has 3 aromatic heterocycles. The Morgan fingerprint density at radius 1 is 1.04 bits per heavy atom. The Labute approximate surface area is 148 Å². The van der Waals surface area contributed by atoms with Crippen molar-refractivity contribution in [3.63, 3.8) is 0 Å². The van der Waals surface area contributed by atoms with Gasteiger partial charge in [-0.15, -0.1) is 0 Å². The van der Waals surface area contributed by atoms with Gasteiger partial charge in [0.1, 0.15) is 5.65 Å². The van der Waals surface area contributed by atoms with E-state index in [1.165, 1.54) is 0 Å². The van der Waals surface area contributed by atoms with Crippen molar-refractivity contribution < 1.29 is 9.90 Å². The highest BCUT2D eigenvalue weighted by Gasteiger charge is 2.19. The second kappa shape index (κ2) is 5.96. The molecule has 4 rings (SSSR count). The number of fused-ring (bicyclic) bond motifs is 1. The minimum Gasteiger partial charge on any atom is -0.476 e. The third-order valence-corrected chi connectivity index (χ3v) is 4.14. The van der Waals surface area contributed by atoms with Crippen molar-refractivity contribution >= 4 is 17.4 Å². The SMILES string of the molecule is Cc1cnc2ccc(-c3nc(C(=O)O)c(N)nc3-c3ccccc3)cn12. The predicted octanol–water partition coefficient (Wildman–Crippen LogP) is 3.05. The van der Waals surface area contributed by atoms with Crippen molar-refractivity contribution in [1.29, 1.82) is 0 Å². The van der Waals surface area contributed by atoms with Crippen molar-refractivity contribution in [2.45, 2.75) is 6.92 Å². The van der Waals surface area contributed by atoms with Crippen LogP contribution < -0.4 is 5.73 Å². The van der Waals surface area contributed by atoms with Gasteiger partial charge in [0.15, 0.2) is 11.5 Å². The molecule has 0 amide bonds. The van der Waals surface area contributed by atoms with Crippen LogP contribution in [0.5, 0.6) is 0 Å². The molecule has 128 valence electrons. The average molecular weight is 345 g/mol. The van der Waals surface area contributed by atoms with E-state index in [2.05, 4.69) is 15.0 Å². The summed E-state index contributed by atoms with van der Waals surface area (Å²) in [5.41, 5.74) is 9.86. The van der Waals surface area contributed by atoms with Gasteiger partial charge in [-0.2, -0.15) is 0 Å². The van der Waals surface area contributed by atoms with E-state index in [-0.39, 0.29) is 11.5 Å². The van der Waals surface area contributed by atoms with Crippen molar-refractivity contribution in [1.82, 2.24) is 19.4 Å². The summed E-state index contributed by atoms with van der Waals surface area (Å²) in [5.74, 6) is -1.32. The van der Waals surface area contributed by atoms with Gasteiger partial charge in [0.2, 0.25) is 0 Å². The van der Waals surface area contributed by atoms with E-state index in [4.69, 9.17) is 5.73 Å². The van der Waals surface area contributed by atoms with Crippen LogP contribution in [0.25, 0.3) is 28.2 Å². The Balaban J connectivity index is 2.01. The molecule has 0 spiro atoms. The fraction of sp³-hybridized carbons (Fsp3) is 0.0526. The molecule has 7 heteroatoms. The summed E-state index contributed by atoms with van der Waals surface area (Å²) in [6.07, 6.45) is 3.64. The van der Waals surface area contributed by atoms with Crippen LogP contribution in [0.1, 0.15) is 16.2 Å². The standard InChI is InChI=1S/C19H15N5O2/c1-11-9-21-14-8-7-13(10-24(11)14)16-15(12-5-3-2-4-6-12)23-18(20)17(22-16)19(25)26/h2-10H,1H3,(H2,20,23)(H,25,26). The number of aromatic carboxylic acids is 1. The van der Waals surface area contributed by atoms with Crippen LogP contribution in [0.3, 0.4) is 0 Å². The third-order valence-electron chi connectivity index (χ3n) is 4.14. The Bertz CT molecular complexity index is 1140. The second-order valence-electron chi connectivity index (χ2n) is 5.87. The molecule has 0 atom stereocenters. The molecule has 0 radical (unpaired) electrons. The number of nitrogen functional groups attached to an aromatic ring is 1. The summed E-state index contributed by atoms with van der Waals surface area (Å²) in [6.45, 7) is 1.94. The third kappa shape index (κ3) is 2.55. The van der Waals surface area contributed by atoms with Crippen LogP contribution in [-0.4, -0.2) is 30.4 Å². The van der Waals surface area contributed by atoms with Gasteiger partial charge < -0.3 is 15.2 Å². The lowest BCUT2D eigenvalue weighted by Crippen LogP contribution is -2.10. The molecule has 0 aliphatic heterocycles. The molecule has 1 aromatic carbocycles. The number of anilines is 1. The number of carboxylic acids is 1. The van der Waals surface area contributed by atoms with E-state index >= 15 is 0 Å². The number of benzene rings is 1. The summed E-state index contributed by atoms with van der Waals surface area (Å²) in [7, 11) is 0. The molecule has 3 N–H and O–H groups in total. The number of pyridine rings is 1. The first-order valence-electron chi connectivity index (χ1n) is 7.95. The van der Waals surface area contributed by atoms with E-state index in [0.717, 1.165) is 22.5 Å². The fourth-order valence-electron chi connectivity index (χ4n) is 2.85. The van der Waals surface area contributed by atoms with E-state index in [1.54, 1.807) is 6.20 Å². The van der Waals surface area contributed by atoms with Gasteiger partial charge in [0.25, 0.3) is 0 Å². The number of carboxylic acid groups (broad SMARTS) is 1. The molecule has 3 heterocycles. The number of aryl methyl sites for hydroxylation is 1. The molecular weight excluding hydrogens is 330 g/mol. The zero-order chi connectivity index (χ0) is 18.3. The van der Waals surface area contributed by atoms with Crippen LogP contribution in [0, 0.1) is 6.92 Å². The monoisotopic (exact) mass is 345 g/mol. The quantitative estimate of drug-likeness (QED) is 0.591. The van der Waals surface area contributed by atoms with Crippen molar-refractivity contribution in [3.8, 4) is 22.5 Å². The Morgan fingerprint density at radius 3 is 2.50 bits per heavy atom. The maximum Gasteiger partial charge on any atom is 0.358 e. The van der Waals surface area contributed by atoms with Crippen LogP contribution in [0.15, 0.2) is 54.9 Å². The summed E-state index contributed by atoms with van der Waals surface area (Å²) >= 11 is 0. The summed E-state index contributed by atoms with van der Waals surface area (Å²) in [6, 6.07) is 13.1. The van der Waals surface area contributed by atoms with Gasteiger partial charge in [-0.05, 0) is 19.1 Å². The van der Waals surface area contributed by atoms with E-state index in [9.17, 15) is 9.90 Å². The minimum absolute atomic E-state index is 0.111. The molecule has 0 fully saturated rings. The number of hydrogen-bond acceptors (Lipinski definition) is 5. The first kappa shape index (κ1) is 15.8. The second-order valence-corrected chi connectivity index (χ2v) is 5.87. The van der Waals surface area contributed by atoms with Gasteiger partial charge in [-0.1, -0.05) is 30.3 Å². The molecular formula is C19H15N5O2. The van der Waals surface area contributed by atoms with E-state index in [0.29, 0.717) is 11.4 Å². The number of nitrogens with two attached hydrogens (primary N) is 1. The van der Waals surface area contributed by atoms with Crippen LogP contribution in [0.4, 0.5) is 5.82 Å². The van der Waals surface area contributed by atoms with Crippen molar-refractivity contribution in [2.75, 3.05) is 5.73 Å². The van der Waals surface area contributed by atoms with Crippen molar-refractivity contribution in [3.05, 3.63) is 66.2 Å². The minimum atomic E-state index is -1.21. The Kier molecular flexibility index (Phi) is 3.62. The number of aromatic nitrogens is 4. The summed E-state index contributed by atoms with van der Waals surface area (Å²) < 4.78 is 1.92.